The molecule has 7 heteroatoms. The van der Waals surface area contributed by atoms with Crippen molar-refractivity contribution in [2.24, 2.45) is 0 Å². The number of benzene rings is 2. The van der Waals surface area contributed by atoms with Crippen LogP contribution in [0.25, 0.3) is 22.4 Å². The lowest BCUT2D eigenvalue weighted by Gasteiger charge is -2.06. The van der Waals surface area contributed by atoms with Crippen molar-refractivity contribution >= 4 is 22.5 Å². The highest BCUT2D eigenvalue weighted by molar-refractivity contribution is 6.08. The smallest absolute Gasteiger partial charge is 0.255 e. The Labute approximate surface area is 136 Å². The number of aromatic nitrogens is 4. The second-order valence-corrected chi connectivity index (χ2v) is 5.30. The Bertz CT molecular complexity index is 1020. The third-order valence-corrected chi connectivity index (χ3v) is 3.64. The molecule has 0 bridgehead atoms. The maximum absolute atomic E-state index is 12.4. The van der Waals surface area contributed by atoms with Crippen molar-refractivity contribution in [3.63, 3.8) is 0 Å². The Morgan fingerprint density at radius 3 is 2.71 bits per heavy atom. The van der Waals surface area contributed by atoms with E-state index in [1.54, 1.807) is 37.4 Å². The van der Waals surface area contributed by atoms with Gasteiger partial charge in [0, 0.05) is 23.4 Å². The van der Waals surface area contributed by atoms with Crippen LogP contribution in [0.3, 0.4) is 0 Å². The maximum atomic E-state index is 12.4. The van der Waals surface area contributed by atoms with Gasteiger partial charge in [-0.1, -0.05) is 12.1 Å². The Morgan fingerprint density at radius 2 is 1.96 bits per heavy atom. The number of fused-ring (bicyclic) bond motifs is 1. The average molecular weight is 319 g/mol. The lowest BCUT2D eigenvalue weighted by molar-refractivity contribution is 0.102. The van der Waals surface area contributed by atoms with E-state index in [0.29, 0.717) is 23.0 Å². The molecule has 0 unspecified atom stereocenters. The highest BCUT2D eigenvalue weighted by atomic mass is 16.4. The number of amides is 1. The molecule has 2 aromatic carbocycles. The molecule has 24 heavy (non-hydrogen) atoms. The molecule has 0 radical (unpaired) electrons. The van der Waals surface area contributed by atoms with Gasteiger partial charge in [-0.3, -0.25) is 9.89 Å². The fraction of sp³-hybridized carbons (Fsp3) is 0.0588. The lowest BCUT2D eigenvalue weighted by atomic mass is 10.1. The van der Waals surface area contributed by atoms with E-state index < -0.39 is 0 Å². The van der Waals surface area contributed by atoms with Gasteiger partial charge in [0.1, 0.15) is 0 Å². The molecule has 0 fully saturated rings. The molecule has 0 atom stereocenters. The summed E-state index contributed by atoms with van der Waals surface area (Å²) in [5, 5.41) is 18.5. The van der Waals surface area contributed by atoms with Crippen LogP contribution in [0.5, 0.6) is 0 Å². The third-order valence-electron chi connectivity index (χ3n) is 3.64. The number of para-hydroxylation sites is 1. The zero-order chi connectivity index (χ0) is 16.5. The Balaban J connectivity index is 1.57. The topological polar surface area (TPSA) is 96.7 Å². The molecule has 0 aliphatic carbocycles. The van der Waals surface area contributed by atoms with Gasteiger partial charge < -0.3 is 9.73 Å². The van der Waals surface area contributed by atoms with Gasteiger partial charge in [-0.15, -0.1) is 10.2 Å². The van der Waals surface area contributed by atoms with Gasteiger partial charge in [0.2, 0.25) is 11.8 Å². The molecule has 7 nitrogen and oxygen atoms in total. The number of aromatic amines is 1. The van der Waals surface area contributed by atoms with Crippen LogP contribution in [0.2, 0.25) is 0 Å². The summed E-state index contributed by atoms with van der Waals surface area (Å²) in [5.74, 6) is 0.728. The normalized spacial score (nSPS) is 10.9. The first-order chi connectivity index (χ1) is 11.7. The molecule has 4 rings (SSSR count). The molecular weight excluding hydrogens is 306 g/mol. The van der Waals surface area contributed by atoms with Crippen molar-refractivity contribution in [2.45, 2.75) is 6.92 Å². The first kappa shape index (κ1) is 14.1. The summed E-state index contributed by atoms with van der Waals surface area (Å²) in [7, 11) is 0. The summed E-state index contributed by atoms with van der Waals surface area (Å²) in [6, 6.07) is 12.6. The minimum atomic E-state index is -0.203. The van der Waals surface area contributed by atoms with Crippen molar-refractivity contribution in [3.05, 3.63) is 60.1 Å². The highest BCUT2D eigenvalue weighted by Crippen LogP contribution is 2.22. The summed E-state index contributed by atoms with van der Waals surface area (Å²) in [4.78, 5) is 12.4. The number of anilines is 1. The number of nitrogens with one attached hydrogen (secondary N) is 2. The Kier molecular flexibility index (Phi) is 3.31. The van der Waals surface area contributed by atoms with Crippen LogP contribution in [-0.4, -0.2) is 26.3 Å². The van der Waals surface area contributed by atoms with Crippen molar-refractivity contribution in [2.75, 3.05) is 5.32 Å². The fourth-order valence-electron chi connectivity index (χ4n) is 2.44. The summed E-state index contributed by atoms with van der Waals surface area (Å²) in [6.45, 7) is 1.73. The van der Waals surface area contributed by atoms with E-state index in [-0.39, 0.29) is 5.91 Å². The summed E-state index contributed by atoms with van der Waals surface area (Å²) < 4.78 is 5.37. The van der Waals surface area contributed by atoms with Crippen molar-refractivity contribution in [1.82, 2.24) is 20.4 Å². The van der Waals surface area contributed by atoms with E-state index >= 15 is 0 Å². The standard InChI is InChI=1S/C17H13N5O2/c1-10-20-22-17(24-10)12-7-5-11(6-8-12)16(23)19-14-4-2-3-13-9-18-21-15(13)14/h2-9H,1H3,(H,18,21)(H,19,23). The number of nitrogens with zero attached hydrogens (tertiary/aromatic N) is 3. The van der Waals surface area contributed by atoms with Crippen molar-refractivity contribution in [3.8, 4) is 11.5 Å². The quantitative estimate of drug-likeness (QED) is 0.604. The zero-order valence-corrected chi connectivity index (χ0v) is 12.8. The fourth-order valence-corrected chi connectivity index (χ4v) is 2.44. The molecule has 4 aromatic rings. The van der Waals surface area contributed by atoms with Crippen molar-refractivity contribution in [1.29, 1.82) is 0 Å². The average Bonchev–Trinajstić information content (AvgIpc) is 3.24. The summed E-state index contributed by atoms with van der Waals surface area (Å²) in [5.41, 5.74) is 2.78. The largest absolute Gasteiger partial charge is 0.421 e. The molecule has 0 saturated carbocycles. The minimum absolute atomic E-state index is 0.203. The molecule has 118 valence electrons. The minimum Gasteiger partial charge on any atom is -0.421 e. The SMILES string of the molecule is Cc1nnc(-c2ccc(C(=O)Nc3cccc4cn[nH]c34)cc2)o1. The first-order valence-electron chi connectivity index (χ1n) is 7.35. The van der Waals surface area contributed by atoms with Gasteiger partial charge in [-0.05, 0) is 30.3 Å². The van der Waals surface area contributed by atoms with E-state index in [4.69, 9.17) is 4.42 Å². The second kappa shape index (κ2) is 5.62. The van der Waals surface area contributed by atoms with Gasteiger partial charge in [-0.25, -0.2) is 0 Å². The van der Waals surface area contributed by atoms with Crippen LogP contribution in [-0.2, 0) is 0 Å². The molecule has 2 heterocycles. The summed E-state index contributed by atoms with van der Waals surface area (Å²) in [6.07, 6.45) is 1.71. The van der Waals surface area contributed by atoms with Crippen LogP contribution in [0.4, 0.5) is 5.69 Å². The molecule has 2 N–H and O–H groups in total. The van der Waals surface area contributed by atoms with E-state index in [0.717, 1.165) is 16.5 Å². The van der Waals surface area contributed by atoms with Crippen LogP contribution >= 0.6 is 0 Å². The van der Waals surface area contributed by atoms with Crippen LogP contribution in [0.1, 0.15) is 16.2 Å². The number of carbonyl (C=O) groups is 1. The second-order valence-electron chi connectivity index (χ2n) is 5.30. The molecule has 0 saturated heterocycles. The van der Waals surface area contributed by atoms with Gasteiger partial charge in [-0.2, -0.15) is 5.10 Å². The number of hydrogen-bond donors (Lipinski definition) is 2. The van der Waals surface area contributed by atoms with E-state index in [9.17, 15) is 4.79 Å². The molecule has 2 aromatic heterocycles. The van der Waals surface area contributed by atoms with E-state index in [2.05, 4.69) is 25.7 Å². The van der Waals surface area contributed by atoms with Gasteiger partial charge >= 0.3 is 0 Å². The van der Waals surface area contributed by atoms with Crippen molar-refractivity contribution < 1.29 is 9.21 Å². The maximum Gasteiger partial charge on any atom is 0.255 e. The van der Waals surface area contributed by atoms with Crippen LogP contribution in [0.15, 0.2) is 53.1 Å². The Hall–Kier alpha value is -3.48. The molecule has 0 spiro atoms. The predicted octanol–water partition coefficient (Wildman–Crippen LogP) is 3.17. The van der Waals surface area contributed by atoms with E-state index in [1.165, 1.54) is 0 Å². The number of hydrogen-bond acceptors (Lipinski definition) is 5. The number of carbonyl (C=O) groups excluding carboxylic acids is 1. The Morgan fingerprint density at radius 1 is 1.12 bits per heavy atom. The van der Waals surface area contributed by atoms with Gasteiger partial charge in [0.05, 0.1) is 17.4 Å². The van der Waals surface area contributed by atoms with Gasteiger partial charge in [0.15, 0.2) is 0 Å². The predicted molar refractivity (Wildman–Crippen MR) is 88.5 cm³/mol. The third kappa shape index (κ3) is 2.52. The lowest BCUT2D eigenvalue weighted by Crippen LogP contribution is -2.12. The molecule has 1 amide bonds. The zero-order valence-electron chi connectivity index (χ0n) is 12.8. The molecular formula is C17H13N5O2. The molecule has 0 aliphatic rings. The number of rotatable bonds is 3. The van der Waals surface area contributed by atoms with E-state index in [1.807, 2.05) is 18.2 Å². The monoisotopic (exact) mass is 319 g/mol. The number of H-pyrrole nitrogens is 1. The van der Waals surface area contributed by atoms with Gasteiger partial charge in [0.25, 0.3) is 5.91 Å². The number of aryl methyl sites for hydroxylation is 1. The van der Waals surface area contributed by atoms with Crippen LogP contribution < -0.4 is 5.32 Å². The first-order valence-corrected chi connectivity index (χ1v) is 7.35. The molecule has 0 aliphatic heterocycles. The highest BCUT2D eigenvalue weighted by Gasteiger charge is 2.11. The van der Waals surface area contributed by atoms with Crippen LogP contribution in [0, 0.1) is 6.92 Å². The summed E-state index contributed by atoms with van der Waals surface area (Å²) >= 11 is 0.